The zero-order valence-corrected chi connectivity index (χ0v) is 13.2. The van der Waals surface area contributed by atoms with Crippen molar-refractivity contribution in [2.45, 2.75) is 32.4 Å². The van der Waals surface area contributed by atoms with E-state index in [4.69, 9.17) is 0 Å². The molecular formula is C17H18N2O2S. The Morgan fingerprint density at radius 2 is 2.09 bits per heavy atom. The van der Waals surface area contributed by atoms with E-state index in [1.807, 2.05) is 16.3 Å². The van der Waals surface area contributed by atoms with Gasteiger partial charge in [-0.15, -0.1) is 11.3 Å². The Morgan fingerprint density at radius 3 is 2.73 bits per heavy atom. The Kier molecular flexibility index (Phi) is 4.24. The van der Waals surface area contributed by atoms with Crippen LogP contribution >= 0.6 is 11.3 Å². The third-order valence-corrected chi connectivity index (χ3v) is 4.45. The van der Waals surface area contributed by atoms with E-state index < -0.39 is 0 Å². The van der Waals surface area contributed by atoms with Gasteiger partial charge in [-0.25, -0.2) is 0 Å². The molecule has 0 aliphatic heterocycles. The lowest BCUT2D eigenvalue weighted by Crippen LogP contribution is -2.32. The van der Waals surface area contributed by atoms with Crippen molar-refractivity contribution in [2.75, 3.05) is 5.32 Å². The molecule has 2 aromatic rings. The molecule has 5 heteroatoms. The molecule has 114 valence electrons. The van der Waals surface area contributed by atoms with Crippen molar-refractivity contribution >= 4 is 28.8 Å². The lowest BCUT2D eigenvalue weighted by Gasteiger charge is -2.22. The van der Waals surface area contributed by atoms with Crippen LogP contribution in [0.3, 0.4) is 0 Å². The van der Waals surface area contributed by atoms with Gasteiger partial charge in [0.05, 0.1) is 6.54 Å². The van der Waals surface area contributed by atoms with Gasteiger partial charge in [0.2, 0.25) is 5.91 Å². The first kappa shape index (κ1) is 14.8. The van der Waals surface area contributed by atoms with Gasteiger partial charge in [0.15, 0.2) is 0 Å². The first-order chi connectivity index (χ1) is 10.6. The number of rotatable bonds is 5. The molecule has 0 atom stereocenters. The molecule has 1 aromatic carbocycles. The SMILES string of the molecule is CC(=O)Nc1cccc(C(=O)N(Cc2cccs2)C2CC2)c1. The van der Waals surface area contributed by atoms with E-state index in [0.29, 0.717) is 23.8 Å². The molecule has 4 nitrogen and oxygen atoms in total. The summed E-state index contributed by atoms with van der Waals surface area (Å²) in [7, 11) is 0. The van der Waals surface area contributed by atoms with Crippen LogP contribution in [0.25, 0.3) is 0 Å². The molecule has 1 fully saturated rings. The average Bonchev–Trinajstić information content (AvgIpc) is 3.20. The summed E-state index contributed by atoms with van der Waals surface area (Å²) in [5, 5.41) is 4.75. The van der Waals surface area contributed by atoms with Crippen LogP contribution in [-0.2, 0) is 11.3 Å². The van der Waals surface area contributed by atoms with Crippen LogP contribution in [0.5, 0.6) is 0 Å². The fraction of sp³-hybridized carbons (Fsp3) is 0.294. The fourth-order valence-corrected chi connectivity index (χ4v) is 3.13. The largest absolute Gasteiger partial charge is 0.331 e. The smallest absolute Gasteiger partial charge is 0.254 e. The minimum atomic E-state index is -0.137. The van der Waals surface area contributed by atoms with E-state index in [-0.39, 0.29) is 11.8 Å². The summed E-state index contributed by atoms with van der Waals surface area (Å²) in [6.45, 7) is 2.12. The molecule has 1 heterocycles. The number of anilines is 1. The van der Waals surface area contributed by atoms with Gasteiger partial charge in [-0.3, -0.25) is 9.59 Å². The standard InChI is InChI=1S/C17H18N2O2S/c1-12(20)18-14-5-2-4-13(10-14)17(21)19(15-7-8-15)11-16-6-3-9-22-16/h2-6,9-10,15H,7-8,11H2,1H3,(H,18,20). The molecule has 0 saturated heterocycles. The van der Waals surface area contributed by atoms with Crippen molar-refractivity contribution in [2.24, 2.45) is 0 Å². The molecule has 1 aliphatic carbocycles. The first-order valence-corrected chi connectivity index (χ1v) is 8.22. The van der Waals surface area contributed by atoms with Gasteiger partial charge in [0.25, 0.3) is 5.91 Å². The molecule has 0 unspecified atom stereocenters. The number of nitrogens with zero attached hydrogens (tertiary/aromatic N) is 1. The fourth-order valence-electron chi connectivity index (χ4n) is 2.42. The molecule has 3 rings (SSSR count). The monoisotopic (exact) mass is 314 g/mol. The summed E-state index contributed by atoms with van der Waals surface area (Å²) >= 11 is 1.67. The number of carbonyl (C=O) groups excluding carboxylic acids is 2. The first-order valence-electron chi connectivity index (χ1n) is 7.34. The lowest BCUT2D eigenvalue weighted by atomic mass is 10.1. The van der Waals surface area contributed by atoms with Crippen molar-refractivity contribution in [1.82, 2.24) is 4.90 Å². The van der Waals surface area contributed by atoms with Crippen molar-refractivity contribution in [1.29, 1.82) is 0 Å². The molecule has 0 radical (unpaired) electrons. The van der Waals surface area contributed by atoms with Crippen LogP contribution in [0.4, 0.5) is 5.69 Å². The molecule has 1 aliphatic rings. The summed E-state index contributed by atoms with van der Waals surface area (Å²) in [5.41, 5.74) is 1.28. The molecule has 2 amide bonds. The van der Waals surface area contributed by atoms with E-state index >= 15 is 0 Å². The third-order valence-electron chi connectivity index (χ3n) is 3.58. The summed E-state index contributed by atoms with van der Waals surface area (Å²) in [4.78, 5) is 27.1. The normalized spacial score (nSPS) is 13.7. The Morgan fingerprint density at radius 1 is 1.27 bits per heavy atom. The second kappa shape index (κ2) is 6.32. The number of amides is 2. The molecule has 22 heavy (non-hydrogen) atoms. The Hall–Kier alpha value is -2.14. The summed E-state index contributed by atoms with van der Waals surface area (Å²) in [6.07, 6.45) is 2.14. The second-order valence-electron chi connectivity index (χ2n) is 5.51. The molecule has 0 bridgehead atoms. The number of nitrogens with one attached hydrogen (secondary N) is 1. The van der Waals surface area contributed by atoms with E-state index in [2.05, 4.69) is 11.4 Å². The highest BCUT2D eigenvalue weighted by atomic mass is 32.1. The molecule has 0 spiro atoms. The Balaban J connectivity index is 1.79. The minimum Gasteiger partial charge on any atom is -0.331 e. The van der Waals surface area contributed by atoms with Gasteiger partial charge in [-0.1, -0.05) is 12.1 Å². The van der Waals surface area contributed by atoms with Crippen molar-refractivity contribution in [3.05, 3.63) is 52.2 Å². The van der Waals surface area contributed by atoms with Gasteiger partial charge >= 0.3 is 0 Å². The number of carbonyl (C=O) groups is 2. The molecule has 1 saturated carbocycles. The van der Waals surface area contributed by atoms with E-state index in [0.717, 1.165) is 12.8 Å². The predicted molar refractivity (Wildman–Crippen MR) is 88.0 cm³/mol. The predicted octanol–water partition coefficient (Wildman–Crippen LogP) is 3.51. The molecule has 1 N–H and O–H groups in total. The van der Waals surface area contributed by atoms with Crippen LogP contribution in [0.2, 0.25) is 0 Å². The second-order valence-corrected chi connectivity index (χ2v) is 6.54. The number of hydrogen-bond acceptors (Lipinski definition) is 3. The quantitative estimate of drug-likeness (QED) is 0.918. The Bertz CT molecular complexity index is 678. The van der Waals surface area contributed by atoms with Crippen molar-refractivity contribution in [3.8, 4) is 0 Å². The third kappa shape index (κ3) is 3.54. The summed E-state index contributed by atoms with van der Waals surface area (Å²) < 4.78 is 0. The lowest BCUT2D eigenvalue weighted by molar-refractivity contribution is -0.114. The average molecular weight is 314 g/mol. The zero-order chi connectivity index (χ0) is 15.5. The van der Waals surface area contributed by atoms with Crippen LogP contribution in [0.15, 0.2) is 41.8 Å². The zero-order valence-electron chi connectivity index (χ0n) is 12.4. The highest BCUT2D eigenvalue weighted by Gasteiger charge is 2.33. The minimum absolute atomic E-state index is 0.0307. The van der Waals surface area contributed by atoms with Crippen LogP contribution in [-0.4, -0.2) is 22.8 Å². The highest BCUT2D eigenvalue weighted by Crippen LogP contribution is 2.31. The summed E-state index contributed by atoms with van der Waals surface area (Å²) in [6, 6.07) is 11.5. The van der Waals surface area contributed by atoms with Crippen LogP contribution < -0.4 is 5.32 Å². The number of thiophene rings is 1. The number of benzene rings is 1. The van der Waals surface area contributed by atoms with Crippen LogP contribution in [0.1, 0.15) is 35.0 Å². The van der Waals surface area contributed by atoms with E-state index in [9.17, 15) is 9.59 Å². The highest BCUT2D eigenvalue weighted by molar-refractivity contribution is 7.09. The Labute approximate surface area is 133 Å². The van der Waals surface area contributed by atoms with Gasteiger partial charge in [-0.05, 0) is 42.5 Å². The maximum Gasteiger partial charge on any atom is 0.254 e. The topological polar surface area (TPSA) is 49.4 Å². The van der Waals surface area contributed by atoms with E-state index in [1.54, 1.807) is 35.6 Å². The van der Waals surface area contributed by atoms with Gasteiger partial charge < -0.3 is 10.2 Å². The maximum atomic E-state index is 12.8. The van der Waals surface area contributed by atoms with Gasteiger partial charge in [0, 0.05) is 29.1 Å². The molecule has 1 aromatic heterocycles. The molecular weight excluding hydrogens is 296 g/mol. The van der Waals surface area contributed by atoms with E-state index in [1.165, 1.54) is 11.8 Å². The van der Waals surface area contributed by atoms with Gasteiger partial charge in [0.1, 0.15) is 0 Å². The van der Waals surface area contributed by atoms with Crippen LogP contribution in [0, 0.1) is 0 Å². The maximum absolute atomic E-state index is 12.8. The summed E-state index contributed by atoms with van der Waals surface area (Å²) in [5.74, 6) is -0.106. The van der Waals surface area contributed by atoms with Gasteiger partial charge in [-0.2, -0.15) is 0 Å². The number of hydrogen-bond donors (Lipinski definition) is 1. The van der Waals surface area contributed by atoms with Crippen molar-refractivity contribution < 1.29 is 9.59 Å². The van der Waals surface area contributed by atoms with Crippen molar-refractivity contribution in [3.63, 3.8) is 0 Å².